The summed E-state index contributed by atoms with van der Waals surface area (Å²) in [6, 6.07) is 3.07. The lowest BCUT2D eigenvalue weighted by molar-refractivity contribution is -0.301. The van der Waals surface area contributed by atoms with E-state index in [2.05, 4.69) is 0 Å². The van der Waals surface area contributed by atoms with Gasteiger partial charge in [0.1, 0.15) is 34.4 Å². The second-order valence-electron chi connectivity index (χ2n) is 9.04. The van der Waals surface area contributed by atoms with Crippen molar-refractivity contribution in [3.63, 3.8) is 0 Å². The minimum absolute atomic E-state index is 0.0826. The fraction of sp³-hybridized carbons (Fsp3) is 0.542. The third kappa shape index (κ3) is 3.43. The lowest BCUT2D eigenvalue weighted by Crippen LogP contribution is -2.65. The highest BCUT2D eigenvalue weighted by atomic mass is 16.8. The lowest BCUT2D eigenvalue weighted by atomic mass is 9.76. The molecule has 1 aromatic carbocycles. The zero-order valence-corrected chi connectivity index (χ0v) is 19.1. The van der Waals surface area contributed by atoms with E-state index in [4.69, 9.17) is 28.1 Å². The average Bonchev–Trinajstić information content (AvgIpc) is 3.18. The summed E-state index contributed by atoms with van der Waals surface area (Å²) in [4.78, 5) is 36.1. The average molecular weight is 474 g/mol. The second-order valence-corrected chi connectivity index (χ2v) is 9.04. The maximum Gasteiger partial charge on any atom is 0.509 e. The molecule has 34 heavy (non-hydrogen) atoms. The molecule has 1 N–H and O–H groups in total. The first kappa shape index (κ1) is 22.7. The minimum Gasteiger partial charge on any atom is -0.506 e. The maximum atomic E-state index is 12.3. The van der Waals surface area contributed by atoms with E-state index in [1.54, 1.807) is 20.1 Å². The summed E-state index contributed by atoms with van der Waals surface area (Å²) in [5, 5.41) is 10.7. The third-order valence-corrected chi connectivity index (χ3v) is 7.02. The maximum absolute atomic E-state index is 12.3. The molecule has 182 valence electrons. The van der Waals surface area contributed by atoms with Crippen LogP contribution in [0.3, 0.4) is 0 Å². The van der Waals surface area contributed by atoms with Crippen molar-refractivity contribution in [3.05, 3.63) is 33.7 Å². The smallest absolute Gasteiger partial charge is 0.506 e. The Morgan fingerprint density at radius 1 is 1.12 bits per heavy atom. The highest BCUT2D eigenvalue weighted by Crippen LogP contribution is 2.46. The van der Waals surface area contributed by atoms with Gasteiger partial charge in [0, 0.05) is 12.7 Å². The number of rotatable bonds is 4. The summed E-state index contributed by atoms with van der Waals surface area (Å²) >= 11 is 0. The Morgan fingerprint density at radius 3 is 2.50 bits per heavy atom. The van der Waals surface area contributed by atoms with Crippen LogP contribution in [0.25, 0.3) is 11.0 Å². The van der Waals surface area contributed by atoms with E-state index in [-0.39, 0.29) is 11.0 Å². The van der Waals surface area contributed by atoms with Gasteiger partial charge in [-0.05, 0) is 38.8 Å². The summed E-state index contributed by atoms with van der Waals surface area (Å²) in [7, 11) is 1.56. The van der Waals surface area contributed by atoms with E-state index >= 15 is 0 Å². The predicted molar refractivity (Wildman–Crippen MR) is 116 cm³/mol. The van der Waals surface area contributed by atoms with E-state index in [0.717, 1.165) is 32.1 Å². The van der Waals surface area contributed by atoms with Crippen LogP contribution in [0, 0.1) is 6.92 Å². The summed E-state index contributed by atoms with van der Waals surface area (Å²) in [6.07, 6.45) is 0.537. The number of methoxy groups -OCH3 is 1. The van der Waals surface area contributed by atoms with E-state index in [0.29, 0.717) is 11.3 Å². The van der Waals surface area contributed by atoms with Crippen LogP contribution in [-0.4, -0.2) is 54.4 Å². The number of benzene rings is 1. The first-order chi connectivity index (χ1) is 16.3. The molecular formula is C24H26O10. The molecule has 2 saturated heterocycles. The van der Waals surface area contributed by atoms with Gasteiger partial charge in [0.05, 0.1) is 5.39 Å². The number of fused-ring (bicyclic) bond motifs is 2. The standard InChI is InChI=1S/C24H26O10/c1-11-14(8-7-13-16(26)15(12(2)25)21(27)31-17(11)13)30-22-19-18(32-23(28)33-19)20(29-3)24(34-22)9-5-4-6-10-24/h7-8,18-20,22,26H,4-6,9-10H2,1-3H3/t18-,19+,20+,22?/m0/s1. The van der Waals surface area contributed by atoms with Gasteiger partial charge in [-0.15, -0.1) is 0 Å². The van der Waals surface area contributed by atoms with E-state index in [1.807, 2.05) is 0 Å². The van der Waals surface area contributed by atoms with Crippen LogP contribution in [-0.2, 0) is 18.9 Å². The van der Waals surface area contributed by atoms with Crippen LogP contribution in [0.2, 0.25) is 0 Å². The van der Waals surface area contributed by atoms with Crippen LogP contribution in [0.5, 0.6) is 11.5 Å². The molecule has 3 fully saturated rings. The zero-order valence-electron chi connectivity index (χ0n) is 19.1. The largest absolute Gasteiger partial charge is 0.509 e. The van der Waals surface area contributed by atoms with Crippen LogP contribution in [0.15, 0.2) is 21.3 Å². The van der Waals surface area contributed by atoms with Crippen molar-refractivity contribution < 1.29 is 42.8 Å². The molecule has 1 spiro atoms. The highest BCUT2D eigenvalue weighted by Gasteiger charge is 2.62. The van der Waals surface area contributed by atoms with Gasteiger partial charge in [0.15, 0.2) is 11.9 Å². The number of ketones is 1. The van der Waals surface area contributed by atoms with E-state index in [9.17, 15) is 19.5 Å². The second kappa shape index (κ2) is 8.28. The van der Waals surface area contributed by atoms with Gasteiger partial charge in [0.25, 0.3) is 0 Å². The number of aryl methyl sites for hydroxylation is 1. The molecule has 10 nitrogen and oxygen atoms in total. The Labute approximate surface area is 194 Å². The summed E-state index contributed by atoms with van der Waals surface area (Å²) in [5.74, 6) is -0.731. The molecule has 1 saturated carbocycles. The van der Waals surface area contributed by atoms with E-state index < -0.39 is 59.1 Å². The molecule has 0 amide bonds. The molecule has 0 radical (unpaired) electrons. The van der Waals surface area contributed by atoms with Gasteiger partial charge >= 0.3 is 11.8 Å². The van der Waals surface area contributed by atoms with Crippen LogP contribution >= 0.6 is 0 Å². The van der Waals surface area contributed by atoms with Crippen molar-refractivity contribution in [1.29, 1.82) is 0 Å². The number of aromatic hydroxyl groups is 1. The predicted octanol–water partition coefficient (Wildman–Crippen LogP) is 3.37. The molecule has 1 unspecified atom stereocenters. The number of hydrogen-bond donors (Lipinski definition) is 1. The number of carbonyl (C=O) groups excluding carboxylic acids is 2. The van der Waals surface area contributed by atoms with Gasteiger partial charge in [0.2, 0.25) is 12.4 Å². The molecule has 10 heteroatoms. The molecule has 3 aliphatic rings. The summed E-state index contributed by atoms with van der Waals surface area (Å²) in [5.41, 5.74) is -1.54. The Morgan fingerprint density at radius 2 is 1.82 bits per heavy atom. The van der Waals surface area contributed by atoms with Crippen molar-refractivity contribution >= 4 is 22.9 Å². The molecule has 5 rings (SSSR count). The summed E-state index contributed by atoms with van der Waals surface area (Å²) in [6.45, 7) is 2.83. The minimum atomic E-state index is -0.992. The molecule has 2 aromatic rings. The van der Waals surface area contributed by atoms with Crippen LogP contribution in [0.4, 0.5) is 4.79 Å². The van der Waals surface area contributed by atoms with Gasteiger partial charge in [-0.1, -0.05) is 19.3 Å². The Bertz CT molecular complexity index is 1210. The van der Waals surface area contributed by atoms with Gasteiger partial charge in [-0.3, -0.25) is 4.79 Å². The SMILES string of the molecule is CO[C@@H]1[C@H]2OC(=O)O[C@H]2C(Oc2ccc3c(O)c(C(C)=O)c(=O)oc3c2C)OC12CCCCC2. The Hall–Kier alpha value is -3.11. The molecule has 4 atom stereocenters. The monoisotopic (exact) mass is 474 g/mol. The van der Waals surface area contributed by atoms with Gasteiger partial charge in [-0.2, -0.15) is 0 Å². The van der Waals surface area contributed by atoms with Crippen molar-refractivity contribution in [2.75, 3.05) is 7.11 Å². The van der Waals surface area contributed by atoms with Gasteiger partial charge in [-0.25, -0.2) is 9.59 Å². The topological polar surface area (TPSA) is 131 Å². The fourth-order valence-corrected chi connectivity index (χ4v) is 5.42. The van der Waals surface area contributed by atoms with Crippen molar-refractivity contribution in [3.8, 4) is 11.5 Å². The summed E-state index contributed by atoms with van der Waals surface area (Å²) < 4.78 is 34.6. The zero-order chi connectivity index (χ0) is 24.2. The van der Waals surface area contributed by atoms with Crippen molar-refractivity contribution in [2.24, 2.45) is 0 Å². The number of ether oxygens (including phenoxy) is 5. The highest BCUT2D eigenvalue weighted by molar-refractivity contribution is 6.02. The number of carbonyl (C=O) groups is 2. The molecule has 1 aromatic heterocycles. The normalized spacial score (nSPS) is 27.8. The quantitative estimate of drug-likeness (QED) is 0.400. The molecule has 1 aliphatic carbocycles. The molecule has 0 bridgehead atoms. The van der Waals surface area contributed by atoms with Gasteiger partial charge < -0.3 is 33.2 Å². The third-order valence-electron chi connectivity index (χ3n) is 7.02. The number of Topliss-reactive ketones (excluding diaryl/α,β-unsaturated/α-hetero) is 1. The molecule has 2 aliphatic heterocycles. The van der Waals surface area contributed by atoms with E-state index in [1.165, 1.54) is 13.0 Å². The lowest BCUT2D eigenvalue weighted by Gasteiger charge is -2.50. The Kier molecular flexibility index (Phi) is 5.52. The number of hydrogen-bond acceptors (Lipinski definition) is 10. The van der Waals surface area contributed by atoms with Crippen LogP contribution in [0.1, 0.15) is 54.9 Å². The molecule has 3 heterocycles. The van der Waals surface area contributed by atoms with Crippen LogP contribution < -0.4 is 10.4 Å². The van der Waals surface area contributed by atoms with Crippen molar-refractivity contribution in [2.45, 2.75) is 76.2 Å². The van der Waals surface area contributed by atoms with Crippen molar-refractivity contribution in [1.82, 2.24) is 0 Å². The first-order valence-corrected chi connectivity index (χ1v) is 11.3. The Balaban J connectivity index is 1.54. The molecular weight excluding hydrogens is 448 g/mol. The fourth-order valence-electron chi connectivity index (χ4n) is 5.42. The first-order valence-electron chi connectivity index (χ1n) is 11.3.